The molecule has 2 fully saturated rings. The van der Waals surface area contributed by atoms with Gasteiger partial charge in [0.05, 0.1) is 0 Å². The molecule has 0 saturated heterocycles. The third-order valence-corrected chi connectivity index (χ3v) is 4.59. The Labute approximate surface area is 82.1 Å². The van der Waals surface area contributed by atoms with E-state index in [1.54, 1.807) is 0 Å². The summed E-state index contributed by atoms with van der Waals surface area (Å²) in [7, 11) is 0. The van der Waals surface area contributed by atoms with E-state index >= 15 is 0 Å². The van der Waals surface area contributed by atoms with Gasteiger partial charge in [-0.05, 0) is 43.4 Å². The third-order valence-electron chi connectivity index (χ3n) is 4.59. The van der Waals surface area contributed by atoms with Crippen LogP contribution in [0.25, 0.3) is 0 Å². The van der Waals surface area contributed by atoms with E-state index in [-0.39, 0.29) is 5.54 Å². The Balaban J connectivity index is 2.10. The van der Waals surface area contributed by atoms with Gasteiger partial charge in [0.2, 0.25) is 0 Å². The van der Waals surface area contributed by atoms with Crippen LogP contribution in [0, 0.1) is 17.8 Å². The first-order valence-corrected chi connectivity index (χ1v) is 5.91. The van der Waals surface area contributed by atoms with Gasteiger partial charge in [-0.3, -0.25) is 0 Å². The number of rotatable bonds is 0. The Morgan fingerprint density at radius 3 is 2.69 bits per heavy atom. The average molecular weight is 181 g/mol. The minimum Gasteiger partial charge on any atom is -0.325 e. The van der Waals surface area contributed by atoms with Gasteiger partial charge in [-0.25, -0.2) is 0 Å². The number of hydrogen-bond acceptors (Lipinski definition) is 1. The molecule has 1 heteroatoms. The van der Waals surface area contributed by atoms with Crippen LogP contribution in [0.5, 0.6) is 0 Å². The Kier molecular flexibility index (Phi) is 2.39. The molecular formula is C12H23N. The molecule has 0 aliphatic heterocycles. The van der Waals surface area contributed by atoms with Crippen LogP contribution in [-0.2, 0) is 0 Å². The van der Waals surface area contributed by atoms with Crippen molar-refractivity contribution in [3.63, 3.8) is 0 Å². The molecule has 0 bridgehead atoms. The Bertz CT molecular complexity index is 190. The largest absolute Gasteiger partial charge is 0.325 e. The van der Waals surface area contributed by atoms with Crippen LogP contribution in [0.4, 0.5) is 0 Å². The maximum atomic E-state index is 6.52. The van der Waals surface area contributed by atoms with Crippen LogP contribution >= 0.6 is 0 Å². The fourth-order valence-electron chi connectivity index (χ4n) is 3.44. The van der Waals surface area contributed by atoms with Crippen LogP contribution in [0.1, 0.15) is 52.4 Å². The molecule has 2 rings (SSSR count). The standard InChI is InChI=1S/C12H23N/c1-9-7-11-5-3-4-6-12(11,13)8-10(9)2/h9-11H,3-8,13H2,1-2H3. The zero-order chi connectivity index (χ0) is 9.47. The van der Waals surface area contributed by atoms with Gasteiger partial charge in [0.1, 0.15) is 0 Å². The molecule has 2 N–H and O–H groups in total. The summed E-state index contributed by atoms with van der Waals surface area (Å²) in [5.41, 5.74) is 6.74. The van der Waals surface area contributed by atoms with Crippen LogP contribution in [0.15, 0.2) is 0 Å². The minimum atomic E-state index is 0.226. The van der Waals surface area contributed by atoms with E-state index in [4.69, 9.17) is 5.73 Å². The molecule has 4 atom stereocenters. The first kappa shape index (κ1) is 9.51. The first-order chi connectivity index (χ1) is 6.12. The molecule has 4 unspecified atom stereocenters. The Morgan fingerprint density at radius 2 is 1.92 bits per heavy atom. The molecule has 0 spiro atoms. The predicted molar refractivity (Wildman–Crippen MR) is 56.4 cm³/mol. The van der Waals surface area contributed by atoms with Gasteiger partial charge in [0, 0.05) is 5.54 Å². The molecule has 0 aromatic carbocycles. The first-order valence-electron chi connectivity index (χ1n) is 5.91. The summed E-state index contributed by atoms with van der Waals surface area (Å²) in [4.78, 5) is 0. The lowest BCUT2D eigenvalue weighted by Gasteiger charge is -2.49. The second-order valence-electron chi connectivity index (χ2n) is 5.57. The van der Waals surface area contributed by atoms with Gasteiger partial charge >= 0.3 is 0 Å². The highest BCUT2D eigenvalue weighted by atomic mass is 14.8. The highest BCUT2D eigenvalue weighted by Crippen LogP contribution is 2.46. The van der Waals surface area contributed by atoms with Crippen LogP contribution in [-0.4, -0.2) is 5.54 Å². The van der Waals surface area contributed by atoms with Crippen molar-refractivity contribution in [1.29, 1.82) is 0 Å². The van der Waals surface area contributed by atoms with E-state index in [1.807, 2.05) is 0 Å². The molecular weight excluding hydrogens is 158 g/mol. The molecule has 13 heavy (non-hydrogen) atoms. The molecule has 0 amide bonds. The summed E-state index contributed by atoms with van der Waals surface area (Å²) < 4.78 is 0. The fourth-order valence-corrected chi connectivity index (χ4v) is 3.44. The number of fused-ring (bicyclic) bond motifs is 1. The summed E-state index contributed by atoms with van der Waals surface area (Å²) in [5, 5.41) is 0. The summed E-state index contributed by atoms with van der Waals surface area (Å²) >= 11 is 0. The highest BCUT2D eigenvalue weighted by Gasteiger charge is 2.43. The van der Waals surface area contributed by atoms with Gasteiger partial charge < -0.3 is 5.73 Å². The Morgan fingerprint density at radius 1 is 1.15 bits per heavy atom. The van der Waals surface area contributed by atoms with Crippen molar-refractivity contribution in [3.8, 4) is 0 Å². The van der Waals surface area contributed by atoms with E-state index in [0.717, 1.165) is 17.8 Å². The quantitative estimate of drug-likeness (QED) is 0.611. The van der Waals surface area contributed by atoms with Crippen molar-refractivity contribution in [1.82, 2.24) is 0 Å². The van der Waals surface area contributed by atoms with E-state index in [1.165, 1.54) is 38.5 Å². The second kappa shape index (κ2) is 3.27. The average Bonchev–Trinajstić information content (AvgIpc) is 2.07. The van der Waals surface area contributed by atoms with Crippen molar-refractivity contribution in [2.45, 2.75) is 57.9 Å². The molecule has 0 aromatic heterocycles. The lowest BCUT2D eigenvalue weighted by Crippen LogP contribution is -2.54. The van der Waals surface area contributed by atoms with Crippen molar-refractivity contribution in [2.24, 2.45) is 23.5 Å². The van der Waals surface area contributed by atoms with Crippen molar-refractivity contribution in [2.75, 3.05) is 0 Å². The van der Waals surface area contributed by atoms with Crippen molar-refractivity contribution < 1.29 is 0 Å². The normalized spacial score (nSPS) is 51.5. The summed E-state index contributed by atoms with van der Waals surface area (Å²) in [5.74, 6) is 2.59. The van der Waals surface area contributed by atoms with Crippen LogP contribution < -0.4 is 5.73 Å². The topological polar surface area (TPSA) is 26.0 Å². The van der Waals surface area contributed by atoms with Crippen molar-refractivity contribution in [3.05, 3.63) is 0 Å². The van der Waals surface area contributed by atoms with E-state index < -0.39 is 0 Å². The van der Waals surface area contributed by atoms with Gasteiger partial charge in [0.15, 0.2) is 0 Å². The second-order valence-corrected chi connectivity index (χ2v) is 5.57. The zero-order valence-electron chi connectivity index (χ0n) is 9.05. The van der Waals surface area contributed by atoms with Gasteiger partial charge in [0.25, 0.3) is 0 Å². The highest BCUT2D eigenvalue weighted by molar-refractivity contribution is 4.99. The van der Waals surface area contributed by atoms with Gasteiger partial charge in [-0.15, -0.1) is 0 Å². The molecule has 0 radical (unpaired) electrons. The lowest BCUT2D eigenvalue weighted by atomic mass is 9.60. The molecule has 2 aliphatic rings. The molecule has 0 heterocycles. The summed E-state index contributed by atoms with van der Waals surface area (Å²) in [6, 6.07) is 0. The van der Waals surface area contributed by atoms with Gasteiger partial charge in [-0.2, -0.15) is 0 Å². The zero-order valence-corrected chi connectivity index (χ0v) is 9.05. The van der Waals surface area contributed by atoms with E-state index in [9.17, 15) is 0 Å². The molecule has 2 saturated carbocycles. The molecule has 1 nitrogen and oxygen atoms in total. The fraction of sp³-hybridized carbons (Fsp3) is 1.00. The number of hydrogen-bond donors (Lipinski definition) is 1. The maximum absolute atomic E-state index is 6.52. The molecule has 2 aliphatic carbocycles. The monoisotopic (exact) mass is 181 g/mol. The summed E-state index contributed by atoms with van der Waals surface area (Å²) in [6.07, 6.45) is 8.14. The number of nitrogens with two attached hydrogens (primary N) is 1. The van der Waals surface area contributed by atoms with Crippen LogP contribution in [0.2, 0.25) is 0 Å². The maximum Gasteiger partial charge on any atom is 0.0185 e. The van der Waals surface area contributed by atoms with Gasteiger partial charge in [-0.1, -0.05) is 26.7 Å². The SMILES string of the molecule is CC1CC2CCCCC2(N)CC1C. The Hall–Kier alpha value is -0.0400. The van der Waals surface area contributed by atoms with Crippen molar-refractivity contribution >= 4 is 0 Å². The lowest BCUT2D eigenvalue weighted by molar-refractivity contribution is 0.0649. The molecule has 0 aromatic rings. The summed E-state index contributed by atoms with van der Waals surface area (Å²) in [6.45, 7) is 4.78. The molecule has 76 valence electrons. The predicted octanol–water partition coefficient (Wildman–Crippen LogP) is 2.94. The van der Waals surface area contributed by atoms with E-state index in [2.05, 4.69) is 13.8 Å². The minimum absolute atomic E-state index is 0.226. The third kappa shape index (κ3) is 1.63. The van der Waals surface area contributed by atoms with Crippen LogP contribution in [0.3, 0.4) is 0 Å². The van der Waals surface area contributed by atoms with E-state index in [0.29, 0.717) is 0 Å². The smallest absolute Gasteiger partial charge is 0.0185 e.